The second kappa shape index (κ2) is 5.96. The molecule has 1 N–H and O–H groups in total. The summed E-state index contributed by atoms with van der Waals surface area (Å²) in [5, 5.41) is 14.4. The second-order valence-corrected chi connectivity index (χ2v) is 6.34. The molecule has 0 saturated heterocycles. The Labute approximate surface area is 152 Å². The molecule has 0 fully saturated rings. The zero-order valence-corrected chi connectivity index (χ0v) is 14.4. The molecule has 4 rings (SSSR count). The summed E-state index contributed by atoms with van der Waals surface area (Å²) in [5.41, 5.74) is 2.46. The lowest BCUT2D eigenvalue weighted by Crippen LogP contribution is -2.27. The van der Waals surface area contributed by atoms with Gasteiger partial charge in [-0.15, -0.1) is 0 Å². The van der Waals surface area contributed by atoms with Crippen LogP contribution in [0.15, 0.2) is 53.7 Å². The van der Waals surface area contributed by atoms with Gasteiger partial charge >= 0.3 is 5.97 Å². The van der Waals surface area contributed by atoms with Crippen molar-refractivity contribution in [1.29, 1.82) is 0 Å². The van der Waals surface area contributed by atoms with E-state index in [1.807, 2.05) is 12.1 Å². The lowest BCUT2D eigenvalue weighted by Gasteiger charge is -2.11. The Hall–Kier alpha value is -3.19. The third-order valence-corrected chi connectivity index (χ3v) is 4.60. The fraction of sp³-hybridized carbons (Fsp3) is 0.111. The number of carboxylic acid groups (broad SMARTS) is 1. The van der Waals surface area contributed by atoms with E-state index in [2.05, 4.69) is 10.1 Å². The molecule has 0 spiro atoms. The molecule has 0 bridgehead atoms. The van der Waals surface area contributed by atoms with E-state index in [4.69, 9.17) is 16.7 Å². The third kappa shape index (κ3) is 2.44. The molecule has 7 nitrogen and oxygen atoms in total. The van der Waals surface area contributed by atoms with Crippen LogP contribution in [0.25, 0.3) is 27.7 Å². The number of pyridine rings is 1. The van der Waals surface area contributed by atoms with Crippen molar-refractivity contribution in [1.82, 2.24) is 19.2 Å². The molecule has 0 aliphatic carbocycles. The maximum Gasteiger partial charge on any atom is 0.326 e. The van der Waals surface area contributed by atoms with Crippen LogP contribution in [0.5, 0.6) is 0 Å². The first kappa shape index (κ1) is 16.3. The van der Waals surface area contributed by atoms with Crippen LogP contribution < -0.4 is 5.56 Å². The molecule has 3 aromatic heterocycles. The van der Waals surface area contributed by atoms with Gasteiger partial charge in [0.15, 0.2) is 5.65 Å². The average molecular weight is 369 g/mol. The van der Waals surface area contributed by atoms with Crippen LogP contribution >= 0.6 is 11.6 Å². The number of carboxylic acids is 1. The molecule has 0 saturated carbocycles. The van der Waals surface area contributed by atoms with Gasteiger partial charge in [0.2, 0.25) is 0 Å². The van der Waals surface area contributed by atoms with Crippen molar-refractivity contribution < 1.29 is 9.90 Å². The molecule has 26 heavy (non-hydrogen) atoms. The van der Waals surface area contributed by atoms with Crippen LogP contribution in [0.2, 0.25) is 5.02 Å². The van der Waals surface area contributed by atoms with Crippen LogP contribution in [-0.2, 0) is 4.79 Å². The van der Waals surface area contributed by atoms with Gasteiger partial charge in [0, 0.05) is 23.0 Å². The minimum Gasteiger partial charge on any atom is -0.480 e. The molecule has 0 unspecified atom stereocenters. The second-order valence-electron chi connectivity index (χ2n) is 5.90. The molecule has 0 amide bonds. The van der Waals surface area contributed by atoms with E-state index in [0.29, 0.717) is 21.6 Å². The van der Waals surface area contributed by atoms with Gasteiger partial charge in [-0.25, -0.2) is 14.3 Å². The zero-order chi connectivity index (χ0) is 18.4. The van der Waals surface area contributed by atoms with Crippen molar-refractivity contribution in [2.24, 2.45) is 0 Å². The van der Waals surface area contributed by atoms with Crippen LogP contribution in [0, 0.1) is 0 Å². The van der Waals surface area contributed by atoms with Crippen molar-refractivity contribution in [2.75, 3.05) is 0 Å². The lowest BCUT2D eigenvalue weighted by atomic mass is 10.1. The van der Waals surface area contributed by atoms with E-state index in [1.165, 1.54) is 23.9 Å². The van der Waals surface area contributed by atoms with E-state index < -0.39 is 17.6 Å². The number of benzene rings is 1. The van der Waals surface area contributed by atoms with Crippen molar-refractivity contribution in [3.05, 3.63) is 64.3 Å². The Morgan fingerprint density at radius 3 is 2.62 bits per heavy atom. The highest BCUT2D eigenvalue weighted by Gasteiger charge is 2.18. The van der Waals surface area contributed by atoms with E-state index >= 15 is 0 Å². The monoisotopic (exact) mass is 368 g/mol. The predicted octanol–water partition coefficient (Wildman–Crippen LogP) is 3.01. The number of nitrogens with zero attached hydrogens (tertiary/aromatic N) is 4. The molecular formula is C18H13ClN4O3. The smallest absolute Gasteiger partial charge is 0.326 e. The van der Waals surface area contributed by atoms with Crippen LogP contribution in [-0.4, -0.2) is 30.2 Å². The summed E-state index contributed by atoms with van der Waals surface area (Å²) in [6.45, 7) is 1.45. The predicted molar refractivity (Wildman–Crippen MR) is 97.5 cm³/mol. The van der Waals surface area contributed by atoms with Gasteiger partial charge in [0.25, 0.3) is 5.56 Å². The molecule has 1 atom stereocenters. The van der Waals surface area contributed by atoms with Gasteiger partial charge in [-0.1, -0.05) is 23.7 Å². The number of hydrogen-bond donors (Lipinski definition) is 1. The van der Waals surface area contributed by atoms with Crippen molar-refractivity contribution in [3.8, 4) is 11.1 Å². The van der Waals surface area contributed by atoms with Crippen LogP contribution in [0.4, 0.5) is 0 Å². The first-order valence-corrected chi connectivity index (χ1v) is 8.21. The summed E-state index contributed by atoms with van der Waals surface area (Å²) in [5.74, 6) is -1.08. The van der Waals surface area contributed by atoms with E-state index in [-0.39, 0.29) is 0 Å². The Morgan fingerprint density at radius 2 is 1.92 bits per heavy atom. The average Bonchev–Trinajstić information content (AvgIpc) is 3.06. The minimum atomic E-state index is -1.08. The highest BCUT2D eigenvalue weighted by Crippen LogP contribution is 2.26. The van der Waals surface area contributed by atoms with Gasteiger partial charge in [-0.05, 0) is 30.7 Å². The summed E-state index contributed by atoms with van der Waals surface area (Å²) >= 11 is 5.93. The van der Waals surface area contributed by atoms with Gasteiger partial charge in [0.05, 0.1) is 17.1 Å². The summed E-state index contributed by atoms with van der Waals surface area (Å²) in [6.07, 6.45) is 4.60. The van der Waals surface area contributed by atoms with E-state index in [1.54, 1.807) is 28.9 Å². The fourth-order valence-corrected chi connectivity index (χ4v) is 3.01. The van der Waals surface area contributed by atoms with Crippen LogP contribution in [0.3, 0.4) is 0 Å². The molecule has 3 heterocycles. The molecule has 0 aliphatic heterocycles. The largest absolute Gasteiger partial charge is 0.480 e. The lowest BCUT2D eigenvalue weighted by molar-refractivity contribution is -0.140. The number of carbonyl (C=O) groups is 1. The molecule has 130 valence electrons. The van der Waals surface area contributed by atoms with Crippen molar-refractivity contribution in [2.45, 2.75) is 13.0 Å². The Morgan fingerprint density at radius 1 is 1.19 bits per heavy atom. The Kier molecular flexibility index (Phi) is 3.73. The van der Waals surface area contributed by atoms with Crippen molar-refractivity contribution >= 4 is 34.1 Å². The molecule has 0 radical (unpaired) electrons. The normalized spacial score (nSPS) is 12.5. The topological polar surface area (TPSA) is 89.5 Å². The highest BCUT2D eigenvalue weighted by molar-refractivity contribution is 6.30. The van der Waals surface area contributed by atoms with Gasteiger partial charge < -0.3 is 9.67 Å². The van der Waals surface area contributed by atoms with Gasteiger partial charge in [0.1, 0.15) is 6.04 Å². The quantitative estimate of drug-likeness (QED) is 0.600. The summed E-state index contributed by atoms with van der Waals surface area (Å²) < 4.78 is 2.75. The Bertz CT molecular complexity index is 1210. The minimum absolute atomic E-state index is 0.304. The first-order valence-electron chi connectivity index (χ1n) is 7.83. The number of aliphatic carboxylic acids is 1. The van der Waals surface area contributed by atoms with Crippen molar-refractivity contribution in [3.63, 3.8) is 0 Å². The number of aromatic nitrogens is 4. The highest BCUT2D eigenvalue weighted by atomic mass is 35.5. The number of hydrogen-bond acceptors (Lipinski definition) is 4. The molecule has 1 aromatic carbocycles. The standard InChI is InChI=1S/C18H13ClN4O3/c1-10(18(25)26)22-7-6-15-14(17(22)24)8-20-16-13(9-21-23(15)16)11-2-4-12(19)5-3-11/h2-10H,1H3,(H,25,26)/t10-/m0/s1. The number of halogens is 1. The summed E-state index contributed by atoms with van der Waals surface area (Å²) in [4.78, 5) is 28.2. The number of rotatable bonds is 3. The summed E-state index contributed by atoms with van der Waals surface area (Å²) in [6, 6.07) is 8.02. The van der Waals surface area contributed by atoms with E-state index in [9.17, 15) is 9.59 Å². The molecule has 0 aliphatic rings. The third-order valence-electron chi connectivity index (χ3n) is 4.35. The zero-order valence-electron chi connectivity index (χ0n) is 13.6. The number of fused-ring (bicyclic) bond motifs is 3. The SMILES string of the molecule is C[C@@H](C(=O)O)n1ccc2c(cnc3c(-c4ccc(Cl)cc4)cnn32)c1=O. The van der Waals surface area contributed by atoms with Crippen LogP contribution in [0.1, 0.15) is 13.0 Å². The summed E-state index contributed by atoms with van der Waals surface area (Å²) in [7, 11) is 0. The first-order chi connectivity index (χ1) is 12.5. The van der Waals surface area contributed by atoms with Gasteiger partial charge in [-0.2, -0.15) is 5.10 Å². The van der Waals surface area contributed by atoms with E-state index in [0.717, 1.165) is 11.1 Å². The maximum atomic E-state index is 12.6. The fourth-order valence-electron chi connectivity index (χ4n) is 2.89. The Balaban J connectivity index is 1.94. The molecular weight excluding hydrogens is 356 g/mol. The maximum absolute atomic E-state index is 12.6. The molecule has 4 aromatic rings. The van der Waals surface area contributed by atoms with Gasteiger partial charge in [-0.3, -0.25) is 4.79 Å². The molecule has 8 heteroatoms.